The molecule has 0 radical (unpaired) electrons. The normalized spacial score (nSPS) is 21.6. The Morgan fingerprint density at radius 2 is 2.00 bits per heavy atom. The molecular formula is C20H32N4O2. The Kier molecular flexibility index (Phi) is 6.69. The van der Waals surface area contributed by atoms with Crippen LogP contribution in [0.3, 0.4) is 0 Å². The molecule has 1 aromatic heterocycles. The van der Waals surface area contributed by atoms with E-state index in [4.69, 9.17) is 0 Å². The lowest BCUT2D eigenvalue weighted by molar-refractivity contribution is -0.133. The Bertz CT molecular complexity index is 607. The van der Waals surface area contributed by atoms with Gasteiger partial charge in [-0.3, -0.25) is 9.59 Å². The van der Waals surface area contributed by atoms with Crippen molar-refractivity contribution in [3.05, 3.63) is 18.2 Å². The SMILES string of the molecule is CCc1nccn1C1CCCN(C(=O)CCNC(=O)C2CCCCC2)C1. The van der Waals surface area contributed by atoms with Gasteiger partial charge in [0.15, 0.2) is 0 Å². The summed E-state index contributed by atoms with van der Waals surface area (Å²) in [5.74, 6) is 1.54. The summed E-state index contributed by atoms with van der Waals surface area (Å²) in [6.07, 6.45) is 12.8. The van der Waals surface area contributed by atoms with E-state index in [1.165, 1.54) is 6.42 Å². The highest BCUT2D eigenvalue weighted by molar-refractivity contribution is 5.80. The maximum absolute atomic E-state index is 12.6. The number of piperidine rings is 1. The number of nitrogens with zero attached hydrogens (tertiary/aromatic N) is 3. The van der Waals surface area contributed by atoms with Crippen LogP contribution in [-0.2, 0) is 16.0 Å². The third kappa shape index (κ3) is 4.65. The number of carbonyl (C=O) groups excluding carboxylic acids is 2. The maximum Gasteiger partial charge on any atom is 0.224 e. The van der Waals surface area contributed by atoms with E-state index in [1.807, 2.05) is 17.3 Å². The van der Waals surface area contributed by atoms with Gasteiger partial charge in [-0.05, 0) is 25.7 Å². The molecule has 1 saturated carbocycles. The fourth-order valence-electron chi connectivity index (χ4n) is 4.32. The van der Waals surface area contributed by atoms with Gasteiger partial charge < -0.3 is 14.8 Å². The highest BCUT2D eigenvalue weighted by atomic mass is 16.2. The van der Waals surface area contributed by atoms with E-state index in [1.54, 1.807) is 0 Å². The van der Waals surface area contributed by atoms with Crippen LogP contribution in [0.2, 0.25) is 0 Å². The first-order valence-corrected chi connectivity index (χ1v) is 10.3. The zero-order valence-corrected chi connectivity index (χ0v) is 16.0. The molecule has 3 rings (SSSR count). The van der Waals surface area contributed by atoms with Crippen molar-refractivity contribution in [1.29, 1.82) is 0 Å². The number of aromatic nitrogens is 2. The van der Waals surface area contributed by atoms with Gasteiger partial charge in [0.2, 0.25) is 11.8 Å². The Labute approximate surface area is 156 Å². The lowest BCUT2D eigenvalue weighted by Crippen LogP contribution is -2.42. The van der Waals surface area contributed by atoms with Gasteiger partial charge in [0.05, 0.1) is 6.04 Å². The molecular weight excluding hydrogens is 328 g/mol. The molecule has 1 unspecified atom stereocenters. The van der Waals surface area contributed by atoms with Gasteiger partial charge in [0.1, 0.15) is 5.82 Å². The number of amides is 2. The standard InChI is InChI=1S/C20H32N4O2/c1-2-18-21-12-14-24(18)17-9-6-13-23(15-17)19(25)10-11-22-20(26)16-7-4-3-5-8-16/h12,14,16-17H,2-11,13,15H2,1H3,(H,22,26). The first kappa shape index (κ1) is 18.9. The highest BCUT2D eigenvalue weighted by Crippen LogP contribution is 2.24. The van der Waals surface area contributed by atoms with Crippen molar-refractivity contribution in [2.75, 3.05) is 19.6 Å². The lowest BCUT2D eigenvalue weighted by atomic mass is 9.89. The molecule has 6 nitrogen and oxygen atoms in total. The second kappa shape index (κ2) is 9.19. The number of nitrogens with one attached hydrogen (secondary N) is 1. The van der Waals surface area contributed by atoms with E-state index in [0.717, 1.165) is 63.9 Å². The number of imidazole rings is 1. The first-order valence-electron chi connectivity index (χ1n) is 10.3. The molecule has 144 valence electrons. The number of aryl methyl sites for hydroxylation is 1. The zero-order valence-electron chi connectivity index (χ0n) is 16.0. The van der Waals surface area contributed by atoms with Gasteiger partial charge in [-0.2, -0.15) is 0 Å². The summed E-state index contributed by atoms with van der Waals surface area (Å²) in [6, 6.07) is 0.321. The molecule has 2 amide bonds. The minimum atomic E-state index is 0.139. The monoisotopic (exact) mass is 360 g/mol. The molecule has 1 aliphatic carbocycles. The minimum absolute atomic E-state index is 0.139. The second-order valence-corrected chi connectivity index (χ2v) is 7.62. The molecule has 1 aliphatic heterocycles. The average molecular weight is 361 g/mol. The van der Waals surface area contributed by atoms with Gasteiger partial charge in [-0.15, -0.1) is 0 Å². The largest absolute Gasteiger partial charge is 0.355 e. The van der Waals surface area contributed by atoms with E-state index >= 15 is 0 Å². The summed E-state index contributed by atoms with van der Waals surface area (Å²) in [4.78, 5) is 31.1. The van der Waals surface area contributed by atoms with Crippen molar-refractivity contribution >= 4 is 11.8 Å². The zero-order chi connectivity index (χ0) is 18.4. The van der Waals surface area contributed by atoms with Crippen molar-refractivity contribution in [2.45, 2.75) is 70.8 Å². The topological polar surface area (TPSA) is 67.2 Å². The maximum atomic E-state index is 12.6. The summed E-state index contributed by atoms with van der Waals surface area (Å²) >= 11 is 0. The third-order valence-corrected chi connectivity index (χ3v) is 5.82. The van der Waals surface area contributed by atoms with Crippen molar-refractivity contribution in [3.63, 3.8) is 0 Å². The molecule has 1 N–H and O–H groups in total. The molecule has 0 spiro atoms. The number of carbonyl (C=O) groups is 2. The van der Waals surface area contributed by atoms with Crippen molar-refractivity contribution < 1.29 is 9.59 Å². The number of hydrogen-bond donors (Lipinski definition) is 1. The van der Waals surface area contributed by atoms with Crippen molar-refractivity contribution in [3.8, 4) is 0 Å². The van der Waals surface area contributed by atoms with Crippen LogP contribution in [0.25, 0.3) is 0 Å². The third-order valence-electron chi connectivity index (χ3n) is 5.82. The fourth-order valence-corrected chi connectivity index (χ4v) is 4.32. The Hall–Kier alpha value is -1.85. The summed E-state index contributed by atoms with van der Waals surface area (Å²) in [6.45, 7) is 4.14. The molecule has 0 bridgehead atoms. The molecule has 1 saturated heterocycles. The minimum Gasteiger partial charge on any atom is -0.355 e. The van der Waals surface area contributed by atoms with Crippen LogP contribution in [0.15, 0.2) is 12.4 Å². The molecule has 2 aliphatic rings. The average Bonchev–Trinajstić information content (AvgIpc) is 3.17. The number of rotatable bonds is 6. The van der Waals surface area contributed by atoms with E-state index in [9.17, 15) is 9.59 Å². The van der Waals surface area contributed by atoms with E-state index in [0.29, 0.717) is 19.0 Å². The van der Waals surface area contributed by atoms with E-state index < -0.39 is 0 Å². The van der Waals surface area contributed by atoms with Gasteiger partial charge in [-0.25, -0.2) is 4.98 Å². The summed E-state index contributed by atoms with van der Waals surface area (Å²) < 4.78 is 2.23. The number of hydrogen-bond acceptors (Lipinski definition) is 3. The van der Waals surface area contributed by atoms with Crippen LogP contribution in [0.4, 0.5) is 0 Å². The molecule has 26 heavy (non-hydrogen) atoms. The van der Waals surface area contributed by atoms with Gasteiger partial charge in [-0.1, -0.05) is 26.2 Å². The van der Waals surface area contributed by atoms with Crippen LogP contribution in [-0.4, -0.2) is 45.9 Å². The van der Waals surface area contributed by atoms with E-state index in [-0.39, 0.29) is 17.7 Å². The van der Waals surface area contributed by atoms with E-state index in [2.05, 4.69) is 21.8 Å². The van der Waals surface area contributed by atoms with Crippen LogP contribution in [0.1, 0.15) is 70.2 Å². The Morgan fingerprint density at radius 3 is 2.77 bits per heavy atom. The summed E-state index contributed by atoms with van der Waals surface area (Å²) in [5, 5.41) is 2.98. The first-order chi connectivity index (χ1) is 12.7. The van der Waals surface area contributed by atoms with Gasteiger partial charge in [0, 0.05) is 50.8 Å². The van der Waals surface area contributed by atoms with Crippen molar-refractivity contribution in [2.24, 2.45) is 5.92 Å². The Morgan fingerprint density at radius 1 is 1.19 bits per heavy atom. The molecule has 1 atom stereocenters. The van der Waals surface area contributed by atoms with Crippen molar-refractivity contribution in [1.82, 2.24) is 19.8 Å². The molecule has 6 heteroatoms. The highest BCUT2D eigenvalue weighted by Gasteiger charge is 2.26. The lowest BCUT2D eigenvalue weighted by Gasteiger charge is -2.34. The predicted octanol–water partition coefficient (Wildman–Crippen LogP) is 2.70. The molecule has 2 heterocycles. The molecule has 1 aromatic rings. The number of likely N-dealkylation sites (tertiary alicyclic amines) is 1. The molecule has 2 fully saturated rings. The fraction of sp³-hybridized carbons (Fsp3) is 0.750. The predicted molar refractivity (Wildman–Crippen MR) is 101 cm³/mol. The quantitative estimate of drug-likeness (QED) is 0.848. The van der Waals surface area contributed by atoms with Crippen LogP contribution >= 0.6 is 0 Å². The van der Waals surface area contributed by atoms with Gasteiger partial charge >= 0.3 is 0 Å². The summed E-state index contributed by atoms with van der Waals surface area (Å²) in [5.41, 5.74) is 0. The van der Waals surface area contributed by atoms with Crippen LogP contribution in [0, 0.1) is 5.92 Å². The smallest absolute Gasteiger partial charge is 0.224 e. The van der Waals surface area contributed by atoms with Crippen LogP contribution < -0.4 is 5.32 Å². The Balaban J connectivity index is 1.44. The van der Waals surface area contributed by atoms with Gasteiger partial charge in [0.25, 0.3) is 0 Å². The van der Waals surface area contributed by atoms with Crippen LogP contribution in [0.5, 0.6) is 0 Å². The summed E-state index contributed by atoms with van der Waals surface area (Å²) in [7, 11) is 0. The second-order valence-electron chi connectivity index (χ2n) is 7.62. The molecule has 0 aromatic carbocycles.